The Bertz CT molecular complexity index is 978. The molecule has 150 valence electrons. The van der Waals surface area contributed by atoms with E-state index in [0.717, 1.165) is 28.6 Å². The summed E-state index contributed by atoms with van der Waals surface area (Å²) in [5, 5.41) is 4.16. The largest absolute Gasteiger partial charge is 0.383 e. The zero-order valence-electron chi connectivity index (χ0n) is 16.9. The molecule has 0 spiro atoms. The highest BCUT2D eigenvalue weighted by atomic mass is 16.1. The Balaban J connectivity index is 1.42. The Hall–Kier alpha value is -2.88. The number of anilines is 1. The van der Waals surface area contributed by atoms with Gasteiger partial charge in [-0.2, -0.15) is 0 Å². The first kappa shape index (κ1) is 19.4. The van der Waals surface area contributed by atoms with Gasteiger partial charge in [-0.1, -0.05) is 55.7 Å². The van der Waals surface area contributed by atoms with Crippen LogP contribution in [0.2, 0.25) is 0 Å². The van der Waals surface area contributed by atoms with Gasteiger partial charge in [-0.25, -0.2) is 4.98 Å². The van der Waals surface area contributed by atoms with E-state index >= 15 is 0 Å². The second-order valence-electron chi connectivity index (χ2n) is 8.11. The molecule has 2 aromatic carbocycles. The minimum atomic E-state index is 0.105. The van der Waals surface area contributed by atoms with Gasteiger partial charge >= 0.3 is 0 Å². The smallest absolute Gasteiger partial charge is 0.220 e. The molecule has 1 fully saturated rings. The lowest BCUT2D eigenvalue weighted by Crippen LogP contribution is -2.30. The molecule has 0 radical (unpaired) electrons. The zero-order valence-corrected chi connectivity index (χ0v) is 16.9. The van der Waals surface area contributed by atoms with Crippen molar-refractivity contribution in [1.82, 2.24) is 10.3 Å². The number of nitrogens with two attached hydrogens (primary N) is 1. The molecule has 1 aliphatic carbocycles. The molecule has 4 heteroatoms. The molecule has 3 aromatic rings. The van der Waals surface area contributed by atoms with E-state index in [9.17, 15) is 4.79 Å². The molecular weight excluding hydrogens is 358 g/mol. The van der Waals surface area contributed by atoms with Crippen LogP contribution in [-0.4, -0.2) is 17.4 Å². The SMILES string of the molecule is Nc1nc2ccc(-c3ccccc3)cc2cc1CCC(=O)NCC1CCCCC1. The number of aromatic nitrogens is 1. The van der Waals surface area contributed by atoms with Gasteiger partial charge in [0.25, 0.3) is 0 Å². The van der Waals surface area contributed by atoms with Gasteiger partial charge in [-0.05, 0) is 60.1 Å². The number of hydrogen-bond donors (Lipinski definition) is 2. The number of fused-ring (bicyclic) bond motifs is 1. The van der Waals surface area contributed by atoms with Crippen molar-refractivity contribution >= 4 is 22.6 Å². The van der Waals surface area contributed by atoms with Gasteiger partial charge in [0.15, 0.2) is 0 Å². The Morgan fingerprint density at radius 3 is 2.59 bits per heavy atom. The third kappa shape index (κ3) is 4.94. The lowest BCUT2D eigenvalue weighted by atomic mass is 9.89. The molecule has 4 rings (SSSR count). The van der Waals surface area contributed by atoms with Crippen LogP contribution in [0.4, 0.5) is 5.82 Å². The molecule has 0 saturated heterocycles. The number of nitrogen functional groups attached to an aromatic ring is 1. The van der Waals surface area contributed by atoms with E-state index in [0.29, 0.717) is 24.6 Å². The molecule has 1 heterocycles. The van der Waals surface area contributed by atoms with Crippen LogP contribution in [0.5, 0.6) is 0 Å². The highest BCUT2D eigenvalue weighted by Crippen LogP contribution is 2.26. The number of rotatable bonds is 6. The van der Waals surface area contributed by atoms with Gasteiger partial charge in [0.2, 0.25) is 5.91 Å². The molecule has 1 aliphatic rings. The maximum Gasteiger partial charge on any atom is 0.220 e. The van der Waals surface area contributed by atoms with Crippen molar-refractivity contribution in [3.05, 3.63) is 60.2 Å². The average molecular weight is 388 g/mol. The monoisotopic (exact) mass is 387 g/mol. The van der Waals surface area contributed by atoms with Gasteiger partial charge < -0.3 is 11.1 Å². The first-order valence-electron chi connectivity index (χ1n) is 10.7. The Morgan fingerprint density at radius 1 is 1.00 bits per heavy atom. The maximum atomic E-state index is 12.3. The number of amides is 1. The molecule has 1 saturated carbocycles. The van der Waals surface area contributed by atoms with Gasteiger partial charge in [-0.15, -0.1) is 0 Å². The summed E-state index contributed by atoms with van der Waals surface area (Å²) >= 11 is 0. The molecule has 1 amide bonds. The van der Waals surface area contributed by atoms with Gasteiger partial charge in [0.05, 0.1) is 5.52 Å². The number of benzene rings is 2. The minimum Gasteiger partial charge on any atom is -0.383 e. The molecule has 0 aliphatic heterocycles. The second kappa shape index (κ2) is 9.08. The Morgan fingerprint density at radius 2 is 1.79 bits per heavy atom. The summed E-state index contributed by atoms with van der Waals surface area (Å²) in [6, 6.07) is 18.6. The summed E-state index contributed by atoms with van der Waals surface area (Å²) in [5.74, 6) is 1.27. The molecular formula is C25H29N3O. The van der Waals surface area contributed by atoms with E-state index in [1.54, 1.807) is 0 Å². The van der Waals surface area contributed by atoms with E-state index < -0.39 is 0 Å². The lowest BCUT2D eigenvalue weighted by molar-refractivity contribution is -0.121. The first-order valence-corrected chi connectivity index (χ1v) is 10.7. The number of hydrogen-bond acceptors (Lipinski definition) is 3. The Labute approximate surface area is 172 Å². The fourth-order valence-corrected chi connectivity index (χ4v) is 4.23. The summed E-state index contributed by atoms with van der Waals surface area (Å²) in [6.07, 6.45) is 7.47. The van der Waals surface area contributed by atoms with Crippen molar-refractivity contribution in [2.24, 2.45) is 5.92 Å². The molecule has 4 nitrogen and oxygen atoms in total. The number of nitrogens with zero attached hydrogens (tertiary/aromatic N) is 1. The average Bonchev–Trinajstić information content (AvgIpc) is 2.77. The highest BCUT2D eigenvalue weighted by molar-refractivity contribution is 5.86. The number of pyridine rings is 1. The van der Waals surface area contributed by atoms with E-state index in [1.807, 2.05) is 24.3 Å². The predicted molar refractivity (Wildman–Crippen MR) is 119 cm³/mol. The van der Waals surface area contributed by atoms with Crippen LogP contribution in [-0.2, 0) is 11.2 Å². The molecule has 0 atom stereocenters. The second-order valence-corrected chi connectivity index (χ2v) is 8.11. The topological polar surface area (TPSA) is 68.0 Å². The number of carbonyl (C=O) groups excluding carboxylic acids is 1. The van der Waals surface area contributed by atoms with Gasteiger partial charge in [0, 0.05) is 18.4 Å². The normalized spacial score (nSPS) is 14.8. The highest BCUT2D eigenvalue weighted by Gasteiger charge is 2.14. The van der Waals surface area contributed by atoms with Crippen molar-refractivity contribution in [1.29, 1.82) is 0 Å². The summed E-state index contributed by atoms with van der Waals surface area (Å²) in [7, 11) is 0. The van der Waals surface area contributed by atoms with Crippen LogP contribution in [0.15, 0.2) is 54.6 Å². The number of aryl methyl sites for hydroxylation is 1. The zero-order chi connectivity index (χ0) is 20.1. The first-order chi connectivity index (χ1) is 14.2. The molecule has 0 bridgehead atoms. The molecule has 0 unspecified atom stereocenters. The van der Waals surface area contributed by atoms with E-state index in [4.69, 9.17) is 5.73 Å². The summed E-state index contributed by atoms with van der Waals surface area (Å²) < 4.78 is 0. The number of nitrogens with one attached hydrogen (secondary N) is 1. The third-order valence-corrected chi connectivity index (χ3v) is 5.97. The van der Waals surface area contributed by atoms with Gasteiger partial charge in [0.1, 0.15) is 5.82 Å². The number of carbonyl (C=O) groups is 1. The van der Waals surface area contributed by atoms with E-state index in [-0.39, 0.29) is 5.91 Å². The van der Waals surface area contributed by atoms with Crippen LogP contribution in [0.3, 0.4) is 0 Å². The minimum absolute atomic E-state index is 0.105. The predicted octanol–water partition coefficient (Wildman–Crippen LogP) is 5.11. The van der Waals surface area contributed by atoms with Crippen molar-refractivity contribution in [2.75, 3.05) is 12.3 Å². The fraction of sp³-hybridized carbons (Fsp3) is 0.360. The quantitative estimate of drug-likeness (QED) is 0.617. The summed E-state index contributed by atoms with van der Waals surface area (Å²) in [4.78, 5) is 16.9. The van der Waals surface area contributed by atoms with Crippen molar-refractivity contribution in [3.63, 3.8) is 0 Å². The third-order valence-electron chi connectivity index (χ3n) is 5.97. The standard InChI is InChI=1S/C25H29N3O/c26-25-21(12-14-24(29)27-17-18-7-3-1-4-8-18)16-22-15-20(11-13-23(22)28-25)19-9-5-2-6-10-19/h2,5-6,9-11,13,15-16,18H,1,3-4,7-8,12,14,17H2,(H2,26,28)(H,27,29). The van der Waals surface area contributed by atoms with E-state index in [1.165, 1.54) is 37.7 Å². The fourth-order valence-electron chi connectivity index (χ4n) is 4.23. The maximum absolute atomic E-state index is 12.3. The summed E-state index contributed by atoms with van der Waals surface area (Å²) in [6.45, 7) is 0.810. The van der Waals surface area contributed by atoms with Crippen molar-refractivity contribution in [2.45, 2.75) is 44.9 Å². The lowest BCUT2D eigenvalue weighted by Gasteiger charge is -2.21. The van der Waals surface area contributed by atoms with E-state index in [2.05, 4.69) is 40.6 Å². The molecule has 3 N–H and O–H groups in total. The van der Waals surface area contributed by atoms with Crippen molar-refractivity contribution < 1.29 is 4.79 Å². The summed E-state index contributed by atoms with van der Waals surface area (Å²) in [5.41, 5.74) is 10.3. The van der Waals surface area contributed by atoms with Crippen LogP contribution in [0.1, 0.15) is 44.1 Å². The molecule has 29 heavy (non-hydrogen) atoms. The van der Waals surface area contributed by atoms with Gasteiger partial charge in [-0.3, -0.25) is 4.79 Å². The van der Waals surface area contributed by atoms with Crippen LogP contribution >= 0.6 is 0 Å². The van der Waals surface area contributed by atoms with Crippen LogP contribution in [0.25, 0.3) is 22.0 Å². The van der Waals surface area contributed by atoms with Crippen molar-refractivity contribution in [3.8, 4) is 11.1 Å². The molecule has 1 aromatic heterocycles. The Kier molecular flexibility index (Phi) is 6.09. The van der Waals surface area contributed by atoms with Crippen LogP contribution in [0, 0.1) is 5.92 Å². The van der Waals surface area contributed by atoms with Crippen LogP contribution < -0.4 is 11.1 Å².